The maximum atomic E-state index is 12.6. The third kappa shape index (κ3) is 29.7. The number of aliphatic hydroxyl groups is 1. The van der Waals surface area contributed by atoms with Crippen LogP contribution >= 0.6 is 7.82 Å². The van der Waals surface area contributed by atoms with E-state index in [4.69, 9.17) is 9.05 Å². The van der Waals surface area contributed by atoms with E-state index < -0.39 is 20.0 Å². The SMILES string of the molecule is CCC/C=C/C(O)C(COP(=O)([O-])OCC[N+](C)(C)C)NC(=O)CCCCCCCCCCC/C=C\CCCCCCCC. The van der Waals surface area contributed by atoms with Gasteiger partial charge in [0.1, 0.15) is 13.2 Å². The summed E-state index contributed by atoms with van der Waals surface area (Å²) in [5.74, 6) is -0.214. The summed E-state index contributed by atoms with van der Waals surface area (Å²) < 4.78 is 22.8. The molecule has 0 fully saturated rings. The third-order valence-electron chi connectivity index (χ3n) is 7.64. The van der Waals surface area contributed by atoms with Crippen LogP contribution in [0.4, 0.5) is 0 Å². The Hall–Kier alpha value is -1.02. The molecule has 0 bridgehead atoms. The molecule has 0 heterocycles. The second-order valence-electron chi connectivity index (χ2n) is 13.2. The van der Waals surface area contributed by atoms with Gasteiger partial charge in [-0.2, -0.15) is 0 Å². The monoisotopic (exact) mass is 644 g/mol. The molecule has 44 heavy (non-hydrogen) atoms. The van der Waals surface area contributed by atoms with Gasteiger partial charge in [0, 0.05) is 6.42 Å². The van der Waals surface area contributed by atoms with Crippen LogP contribution in [0.15, 0.2) is 24.3 Å². The van der Waals surface area contributed by atoms with Crippen LogP contribution in [-0.4, -0.2) is 68.5 Å². The van der Waals surface area contributed by atoms with E-state index in [1.807, 2.05) is 34.1 Å². The summed E-state index contributed by atoms with van der Waals surface area (Å²) in [5, 5.41) is 13.3. The number of hydrogen-bond acceptors (Lipinski definition) is 6. The second-order valence-corrected chi connectivity index (χ2v) is 14.6. The Balaban J connectivity index is 4.09. The van der Waals surface area contributed by atoms with Crippen molar-refractivity contribution in [3.8, 4) is 0 Å². The first-order valence-corrected chi connectivity index (χ1v) is 19.2. The fourth-order valence-electron chi connectivity index (χ4n) is 4.74. The summed E-state index contributed by atoms with van der Waals surface area (Å²) in [6.07, 6.45) is 30.2. The average molecular weight is 645 g/mol. The van der Waals surface area contributed by atoms with Gasteiger partial charge in [0.25, 0.3) is 7.82 Å². The summed E-state index contributed by atoms with van der Waals surface area (Å²) in [4.78, 5) is 24.8. The van der Waals surface area contributed by atoms with Gasteiger partial charge in [-0.15, -0.1) is 0 Å². The molecule has 0 aliphatic heterocycles. The summed E-state index contributed by atoms with van der Waals surface area (Å²) in [5.41, 5.74) is 0. The molecule has 260 valence electrons. The molecule has 0 aliphatic carbocycles. The summed E-state index contributed by atoms with van der Waals surface area (Å²) in [6.45, 7) is 4.40. The van der Waals surface area contributed by atoms with Crippen LogP contribution in [0.3, 0.4) is 0 Å². The van der Waals surface area contributed by atoms with Gasteiger partial charge in [0.05, 0.1) is 39.9 Å². The van der Waals surface area contributed by atoms with Gasteiger partial charge in [0.2, 0.25) is 5.91 Å². The number of unbranched alkanes of at least 4 members (excludes halogenated alkanes) is 16. The number of carbonyl (C=O) groups excluding carboxylic acids is 1. The molecule has 8 nitrogen and oxygen atoms in total. The molecule has 0 aromatic carbocycles. The van der Waals surface area contributed by atoms with Crippen LogP contribution in [0.25, 0.3) is 0 Å². The number of quaternary nitrogens is 1. The minimum absolute atomic E-state index is 0.00272. The van der Waals surface area contributed by atoms with Crippen LogP contribution in [0, 0.1) is 0 Å². The normalized spacial score (nSPS) is 15.2. The number of aliphatic hydroxyl groups excluding tert-OH is 1. The number of nitrogens with one attached hydrogen (secondary N) is 1. The predicted molar refractivity (Wildman–Crippen MR) is 182 cm³/mol. The van der Waals surface area contributed by atoms with Crippen molar-refractivity contribution in [1.29, 1.82) is 0 Å². The Labute approximate surface area is 271 Å². The van der Waals surface area contributed by atoms with E-state index in [-0.39, 0.29) is 19.1 Å². The van der Waals surface area contributed by atoms with Crippen LogP contribution < -0.4 is 10.2 Å². The maximum absolute atomic E-state index is 12.6. The molecule has 9 heteroatoms. The van der Waals surface area contributed by atoms with E-state index >= 15 is 0 Å². The highest BCUT2D eigenvalue weighted by molar-refractivity contribution is 7.45. The highest BCUT2D eigenvalue weighted by atomic mass is 31.2. The number of phosphoric acid groups is 1. The Morgan fingerprint density at radius 3 is 1.82 bits per heavy atom. The number of rotatable bonds is 31. The molecule has 0 radical (unpaired) electrons. The lowest BCUT2D eigenvalue weighted by atomic mass is 10.0. The zero-order valence-electron chi connectivity index (χ0n) is 29.1. The van der Waals surface area contributed by atoms with E-state index in [0.717, 1.165) is 32.1 Å². The molecule has 0 aromatic heterocycles. The number of carbonyl (C=O) groups is 1. The van der Waals surface area contributed by atoms with Crippen molar-refractivity contribution >= 4 is 13.7 Å². The molecule has 0 aliphatic rings. The Morgan fingerprint density at radius 2 is 1.30 bits per heavy atom. The van der Waals surface area contributed by atoms with Gasteiger partial charge in [-0.3, -0.25) is 9.36 Å². The van der Waals surface area contributed by atoms with Crippen molar-refractivity contribution in [2.24, 2.45) is 0 Å². The largest absolute Gasteiger partial charge is 0.756 e. The first kappa shape index (κ1) is 43.0. The van der Waals surface area contributed by atoms with Gasteiger partial charge in [-0.25, -0.2) is 0 Å². The smallest absolute Gasteiger partial charge is 0.268 e. The molecule has 0 aromatic rings. The number of nitrogens with zero attached hydrogens (tertiary/aromatic N) is 1. The minimum Gasteiger partial charge on any atom is -0.756 e. The van der Waals surface area contributed by atoms with Crippen molar-refractivity contribution in [3.05, 3.63) is 24.3 Å². The number of amides is 1. The number of phosphoric ester groups is 1. The summed E-state index contributed by atoms with van der Waals surface area (Å²) in [6, 6.07) is -0.879. The quantitative estimate of drug-likeness (QED) is 0.0343. The van der Waals surface area contributed by atoms with Crippen molar-refractivity contribution in [1.82, 2.24) is 5.32 Å². The van der Waals surface area contributed by atoms with Crippen molar-refractivity contribution in [3.63, 3.8) is 0 Å². The van der Waals surface area contributed by atoms with Gasteiger partial charge in [-0.05, 0) is 38.5 Å². The van der Waals surface area contributed by atoms with Gasteiger partial charge < -0.3 is 28.8 Å². The predicted octanol–water partition coefficient (Wildman–Crippen LogP) is 7.99. The van der Waals surface area contributed by atoms with E-state index in [1.54, 1.807) is 6.08 Å². The van der Waals surface area contributed by atoms with E-state index in [9.17, 15) is 19.4 Å². The number of hydrogen-bond donors (Lipinski definition) is 2. The van der Waals surface area contributed by atoms with Crippen molar-refractivity contribution < 1.29 is 32.9 Å². The molecule has 3 atom stereocenters. The van der Waals surface area contributed by atoms with Crippen molar-refractivity contribution in [2.45, 2.75) is 154 Å². The standard InChI is InChI=1S/C35H69N2O6P/c1-6-8-10-11-12-13-14-15-16-17-18-19-20-21-22-23-24-25-27-29-35(39)36-33(34(38)28-26-9-7-2)32-43-44(40,41)42-31-30-37(3,4)5/h15-16,26,28,33-34,38H,6-14,17-25,27,29-32H2,1-5H3,(H-,36,39,40,41)/b16-15-,28-26+. The molecule has 2 N–H and O–H groups in total. The zero-order valence-corrected chi connectivity index (χ0v) is 30.0. The maximum Gasteiger partial charge on any atom is 0.268 e. The molecule has 1 amide bonds. The van der Waals surface area contributed by atoms with E-state index in [1.165, 1.54) is 89.9 Å². The topological polar surface area (TPSA) is 108 Å². The lowest BCUT2D eigenvalue weighted by Gasteiger charge is -2.29. The lowest BCUT2D eigenvalue weighted by Crippen LogP contribution is -2.45. The number of allylic oxidation sites excluding steroid dienone is 3. The first-order valence-electron chi connectivity index (χ1n) is 17.7. The lowest BCUT2D eigenvalue weighted by molar-refractivity contribution is -0.870. The molecule has 0 saturated heterocycles. The fourth-order valence-corrected chi connectivity index (χ4v) is 5.46. The number of likely N-dealkylation sites (N-methyl/N-ethyl adjacent to an activating group) is 1. The van der Waals surface area contributed by atoms with Crippen LogP contribution in [0.5, 0.6) is 0 Å². The van der Waals surface area contributed by atoms with Gasteiger partial charge in [0.15, 0.2) is 0 Å². The Kier molecular flexibility index (Phi) is 27.6. The molecular formula is C35H69N2O6P. The first-order chi connectivity index (χ1) is 21.0. The third-order valence-corrected chi connectivity index (χ3v) is 8.60. The molecular weight excluding hydrogens is 575 g/mol. The average Bonchev–Trinajstić information content (AvgIpc) is 2.95. The molecule has 0 spiro atoms. The second kappa shape index (κ2) is 28.2. The molecule has 0 rings (SSSR count). The fraction of sp³-hybridized carbons (Fsp3) is 0.857. The van der Waals surface area contributed by atoms with E-state index in [2.05, 4.69) is 24.4 Å². The van der Waals surface area contributed by atoms with E-state index in [0.29, 0.717) is 17.4 Å². The van der Waals surface area contributed by atoms with Crippen LogP contribution in [0.2, 0.25) is 0 Å². The molecule has 3 unspecified atom stereocenters. The highest BCUT2D eigenvalue weighted by Gasteiger charge is 2.23. The Bertz CT molecular complexity index is 784. The highest BCUT2D eigenvalue weighted by Crippen LogP contribution is 2.38. The van der Waals surface area contributed by atoms with Gasteiger partial charge >= 0.3 is 0 Å². The van der Waals surface area contributed by atoms with Crippen molar-refractivity contribution in [2.75, 3.05) is 40.9 Å². The van der Waals surface area contributed by atoms with Crippen LogP contribution in [-0.2, 0) is 18.4 Å². The van der Waals surface area contributed by atoms with Gasteiger partial charge in [-0.1, -0.05) is 122 Å². The Morgan fingerprint density at radius 1 is 0.773 bits per heavy atom. The minimum atomic E-state index is -4.55. The zero-order chi connectivity index (χ0) is 32.9. The summed E-state index contributed by atoms with van der Waals surface area (Å²) >= 11 is 0. The van der Waals surface area contributed by atoms with Crippen LogP contribution in [0.1, 0.15) is 142 Å². The molecule has 0 saturated carbocycles. The summed E-state index contributed by atoms with van der Waals surface area (Å²) in [7, 11) is 1.25.